The molecule has 0 saturated heterocycles. The Morgan fingerprint density at radius 3 is 1.52 bits per heavy atom. The Kier molecular flexibility index (Phi) is 16.0. The van der Waals surface area contributed by atoms with E-state index in [1.165, 1.54) is 44.8 Å². The molecule has 0 aliphatic heterocycles. The number of rotatable bonds is 19. The summed E-state index contributed by atoms with van der Waals surface area (Å²) in [6.45, 7) is 5.82. The number of pyridine rings is 1. The van der Waals surface area contributed by atoms with Crippen molar-refractivity contribution < 1.29 is 9.88 Å². The predicted molar refractivity (Wildman–Crippen MR) is 229 cm³/mol. The maximum atomic E-state index is 2.50. The summed E-state index contributed by atoms with van der Waals surface area (Å²) in [6.07, 6.45) is 19.2. The number of allylic oxidation sites excluding steroid dienone is 4. The summed E-state index contributed by atoms with van der Waals surface area (Å²) in [5, 5.41) is 2.05. The Hall–Kier alpha value is -4.75. The van der Waals surface area contributed by atoms with E-state index in [0.717, 1.165) is 37.7 Å². The van der Waals surface area contributed by atoms with Crippen molar-refractivity contribution in [1.82, 2.24) is 0 Å². The fourth-order valence-corrected chi connectivity index (χ4v) is 7.66. The number of quaternary nitrogens is 1. The number of aromatic nitrogens is 1. The average Bonchev–Trinajstić information content (AvgIpc) is 3.19. The molecule has 1 aromatic heterocycles. The Morgan fingerprint density at radius 2 is 1.06 bits per heavy atom. The molecule has 0 unspecified atom stereocenters. The maximum absolute atomic E-state index is 2.50. The first-order valence-electron chi connectivity index (χ1n) is 18.1. The van der Waals surface area contributed by atoms with Gasteiger partial charge in [0.25, 0.3) is 0 Å². The van der Waals surface area contributed by atoms with Crippen molar-refractivity contribution in [2.75, 3.05) is 41.4 Å². The van der Waals surface area contributed by atoms with Crippen LogP contribution in [0.15, 0.2) is 164 Å². The molecule has 6 heteroatoms. The van der Waals surface area contributed by atoms with E-state index in [2.05, 4.69) is 203 Å². The molecule has 52 heavy (non-hydrogen) atoms. The third-order valence-corrected chi connectivity index (χ3v) is 11.0. The SMILES string of the molecule is C/C=C(\C=C/[NH2+]C)/C=C/c1ccc(N(CCSSCCN(Cc2ccccc2)c2ccc(/C=C/c3cc[n+](C)cc3)cc2)Cc2ccccc2)cc1. The highest BCUT2D eigenvalue weighted by atomic mass is 33.1. The van der Waals surface area contributed by atoms with Crippen molar-refractivity contribution in [3.05, 3.63) is 192 Å². The Morgan fingerprint density at radius 1 is 0.596 bits per heavy atom. The fraction of sp³-hybridized carbons (Fsp3) is 0.196. The smallest absolute Gasteiger partial charge is 0.169 e. The van der Waals surface area contributed by atoms with Crippen LogP contribution in [0.5, 0.6) is 0 Å². The van der Waals surface area contributed by atoms with Crippen LogP contribution in [-0.4, -0.2) is 31.6 Å². The van der Waals surface area contributed by atoms with E-state index in [1.54, 1.807) is 0 Å². The van der Waals surface area contributed by atoms with Crippen molar-refractivity contribution in [3.63, 3.8) is 0 Å². The molecule has 0 spiro atoms. The molecule has 266 valence electrons. The van der Waals surface area contributed by atoms with E-state index >= 15 is 0 Å². The number of benzene rings is 4. The zero-order valence-corrected chi connectivity index (χ0v) is 32.4. The van der Waals surface area contributed by atoms with Crippen LogP contribution in [0.2, 0.25) is 0 Å². The minimum Gasteiger partial charge on any atom is -0.366 e. The highest BCUT2D eigenvalue weighted by molar-refractivity contribution is 8.76. The number of nitrogens with two attached hydrogens (primary N) is 1. The maximum Gasteiger partial charge on any atom is 0.169 e. The van der Waals surface area contributed by atoms with Crippen LogP contribution in [0.1, 0.15) is 34.7 Å². The van der Waals surface area contributed by atoms with E-state index in [0.29, 0.717) is 0 Å². The van der Waals surface area contributed by atoms with E-state index in [-0.39, 0.29) is 0 Å². The van der Waals surface area contributed by atoms with Crippen LogP contribution < -0.4 is 19.7 Å². The van der Waals surface area contributed by atoms with Gasteiger partial charge in [0, 0.05) is 61.2 Å². The molecule has 0 bridgehead atoms. The largest absolute Gasteiger partial charge is 0.366 e. The molecule has 0 atom stereocenters. The normalized spacial score (nSPS) is 11.9. The lowest BCUT2D eigenvalue weighted by Gasteiger charge is -2.26. The van der Waals surface area contributed by atoms with Gasteiger partial charge in [-0.3, -0.25) is 0 Å². The second-order valence-corrected chi connectivity index (χ2v) is 15.3. The number of hydrogen-bond acceptors (Lipinski definition) is 4. The molecule has 1 heterocycles. The molecular weight excluding hydrogens is 673 g/mol. The van der Waals surface area contributed by atoms with Gasteiger partial charge in [-0.05, 0) is 70.7 Å². The van der Waals surface area contributed by atoms with Gasteiger partial charge in [-0.25, -0.2) is 4.57 Å². The Labute approximate surface area is 319 Å². The van der Waals surface area contributed by atoms with E-state index in [4.69, 9.17) is 0 Å². The summed E-state index contributed by atoms with van der Waals surface area (Å²) >= 11 is 0. The quantitative estimate of drug-likeness (QED) is 0.0398. The summed E-state index contributed by atoms with van der Waals surface area (Å²) in [5.74, 6) is 2.09. The van der Waals surface area contributed by atoms with E-state index in [9.17, 15) is 0 Å². The highest BCUT2D eigenvalue weighted by Gasteiger charge is 2.10. The molecule has 5 rings (SSSR count). The monoisotopic (exact) mass is 724 g/mol. The summed E-state index contributed by atoms with van der Waals surface area (Å²) in [4.78, 5) is 5.01. The Bertz CT molecular complexity index is 1870. The molecule has 0 aliphatic rings. The minimum absolute atomic E-state index is 0.891. The first-order chi connectivity index (χ1) is 25.6. The topological polar surface area (TPSA) is 27.0 Å². The van der Waals surface area contributed by atoms with Crippen molar-refractivity contribution in [2.45, 2.75) is 20.0 Å². The number of hydrogen-bond donors (Lipinski definition) is 1. The van der Waals surface area contributed by atoms with Gasteiger partial charge in [-0.1, -0.05) is 137 Å². The van der Waals surface area contributed by atoms with Gasteiger partial charge in [-0.15, -0.1) is 0 Å². The van der Waals surface area contributed by atoms with E-state index < -0.39 is 0 Å². The van der Waals surface area contributed by atoms with Crippen LogP contribution in [-0.2, 0) is 20.1 Å². The average molecular weight is 725 g/mol. The van der Waals surface area contributed by atoms with Crippen LogP contribution in [0.3, 0.4) is 0 Å². The number of aryl methyl sites for hydroxylation is 1. The molecule has 0 amide bonds. The molecule has 4 nitrogen and oxygen atoms in total. The number of anilines is 2. The lowest BCUT2D eigenvalue weighted by Crippen LogP contribution is -2.72. The third-order valence-electron chi connectivity index (χ3n) is 8.68. The van der Waals surface area contributed by atoms with Crippen LogP contribution in [0, 0.1) is 0 Å². The molecule has 0 radical (unpaired) electrons. The standard InChI is InChI=1S/C46H51N4S2/c1-4-39(27-30-47-2)15-16-40-19-23-45(24-20-40)49(37-43-11-7-5-8-12-43)33-35-51-52-36-34-50(38-44-13-9-6-10-14-44)46-25-21-41(22-26-46)17-18-42-28-31-48(3)32-29-42/h4-32,47H,33-38H2,1-3H3/q+1/p+1/b16-15+,30-27-,39-4-. The zero-order valence-electron chi connectivity index (χ0n) is 30.7. The Balaban J connectivity index is 1.17. The van der Waals surface area contributed by atoms with Gasteiger partial charge in [0.2, 0.25) is 0 Å². The van der Waals surface area contributed by atoms with Crippen molar-refractivity contribution in [2.24, 2.45) is 7.05 Å². The third kappa shape index (κ3) is 13.1. The molecular formula is C46H52N4S2+2. The predicted octanol–water partition coefficient (Wildman–Crippen LogP) is 9.44. The van der Waals surface area contributed by atoms with Gasteiger partial charge >= 0.3 is 0 Å². The molecule has 0 aliphatic carbocycles. The van der Waals surface area contributed by atoms with Crippen LogP contribution in [0.4, 0.5) is 11.4 Å². The summed E-state index contributed by atoms with van der Waals surface area (Å²) in [7, 11) is 8.03. The second-order valence-electron chi connectivity index (χ2n) is 12.6. The molecule has 0 fully saturated rings. The van der Waals surface area contributed by atoms with Crippen molar-refractivity contribution in [1.29, 1.82) is 0 Å². The van der Waals surface area contributed by atoms with Crippen molar-refractivity contribution in [3.8, 4) is 0 Å². The van der Waals surface area contributed by atoms with Crippen LogP contribution >= 0.6 is 21.6 Å². The lowest BCUT2D eigenvalue weighted by molar-refractivity contribution is -0.671. The van der Waals surface area contributed by atoms with Gasteiger partial charge in [0.15, 0.2) is 12.4 Å². The number of nitrogens with zero attached hydrogens (tertiary/aromatic N) is 3. The highest BCUT2D eigenvalue weighted by Crippen LogP contribution is 2.26. The second kappa shape index (κ2) is 21.6. The first-order valence-corrected chi connectivity index (χ1v) is 20.5. The van der Waals surface area contributed by atoms with Gasteiger partial charge in [0.1, 0.15) is 7.05 Å². The summed E-state index contributed by atoms with van der Waals surface area (Å²) < 4.78 is 2.05. The first kappa shape index (κ1) is 38.5. The lowest BCUT2D eigenvalue weighted by atomic mass is 10.1. The van der Waals surface area contributed by atoms with Crippen LogP contribution in [0.25, 0.3) is 18.2 Å². The summed E-state index contributed by atoms with van der Waals surface area (Å²) in [5.41, 5.74) is 9.97. The van der Waals surface area contributed by atoms with Gasteiger partial charge < -0.3 is 15.1 Å². The van der Waals surface area contributed by atoms with Crippen molar-refractivity contribution >= 4 is 51.2 Å². The van der Waals surface area contributed by atoms with E-state index in [1.807, 2.05) is 35.7 Å². The molecule has 2 N–H and O–H groups in total. The van der Waals surface area contributed by atoms with Gasteiger partial charge in [-0.2, -0.15) is 0 Å². The van der Waals surface area contributed by atoms with Gasteiger partial charge in [0.05, 0.1) is 13.2 Å². The fourth-order valence-electron chi connectivity index (χ4n) is 5.68. The minimum atomic E-state index is 0.891. The molecule has 5 aromatic rings. The molecule has 4 aromatic carbocycles. The zero-order chi connectivity index (χ0) is 36.2. The summed E-state index contributed by atoms with van der Waals surface area (Å²) in [6, 6.07) is 43.8. The molecule has 0 saturated carbocycles.